The average molecular weight is 217 g/mol. The molecule has 0 amide bonds. The van der Waals surface area contributed by atoms with Gasteiger partial charge in [0.05, 0.1) is 11.7 Å². The van der Waals surface area contributed by atoms with Crippen molar-refractivity contribution in [1.82, 2.24) is 9.78 Å². The molecule has 0 radical (unpaired) electrons. The normalized spacial score (nSPS) is 10.8. The second kappa shape index (κ2) is 4.90. The molecular weight excluding hydrogens is 202 g/mol. The van der Waals surface area contributed by atoms with Crippen LogP contribution < -0.4 is 11.2 Å². The molecule has 2 aromatic rings. The standard InChI is InChI=1S/C12H15N3O/c13-7-3-4-8-15-11-6-2-1-5-10(11)12(16)9-14-15/h1-2,5-6,9H,3-4,7-8,13H2. The van der Waals surface area contributed by atoms with Gasteiger partial charge in [0.15, 0.2) is 0 Å². The minimum Gasteiger partial charge on any atom is -0.330 e. The molecule has 0 saturated carbocycles. The number of unbranched alkanes of at least 4 members (excludes halogenated alkanes) is 1. The largest absolute Gasteiger partial charge is 0.330 e. The summed E-state index contributed by atoms with van der Waals surface area (Å²) in [4.78, 5) is 11.6. The summed E-state index contributed by atoms with van der Waals surface area (Å²) in [6.45, 7) is 1.50. The highest BCUT2D eigenvalue weighted by Crippen LogP contribution is 2.08. The molecule has 0 aliphatic rings. The van der Waals surface area contributed by atoms with E-state index in [0.29, 0.717) is 6.54 Å². The molecule has 0 aliphatic heterocycles. The van der Waals surface area contributed by atoms with Crippen LogP contribution in [0.4, 0.5) is 0 Å². The number of aromatic nitrogens is 2. The molecule has 84 valence electrons. The molecule has 0 aliphatic carbocycles. The van der Waals surface area contributed by atoms with Gasteiger partial charge in [0.25, 0.3) is 0 Å². The van der Waals surface area contributed by atoms with E-state index in [4.69, 9.17) is 5.73 Å². The van der Waals surface area contributed by atoms with Gasteiger partial charge in [0, 0.05) is 11.9 Å². The maximum atomic E-state index is 11.6. The van der Waals surface area contributed by atoms with Gasteiger partial charge in [-0.2, -0.15) is 5.10 Å². The number of benzene rings is 1. The van der Waals surface area contributed by atoms with Crippen molar-refractivity contribution in [3.63, 3.8) is 0 Å². The third-order valence-electron chi connectivity index (χ3n) is 2.59. The van der Waals surface area contributed by atoms with E-state index in [9.17, 15) is 4.79 Å². The zero-order chi connectivity index (χ0) is 11.4. The van der Waals surface area contributed by atoms with Crippen molar-refractivity contribution >= 4 is 10.9 Å². The van der Waals surface area contributed by atoms with Crippen molar-refractivity contribution in [1.29, 1.82) is 0 Å². The van der Waals surface area contributed by atoms with E-state index < -0.39 is 0 Å². The second-order valence-corrected chi connectivity index (χ2v) is 3.74. The molecular formula is C12H15N3O. The summed E-state index contributed by atoms with van der Waals surface area (Å²) in [6, 6.07) is 7.54. The highest BCUT2D eigenvalue weighted by Gasteiger charge is 2.02. The van der Waals surface area contributed by atoms with Gasteiger partial charge in [0.2, 0.25) is 5.43 Å². The van der Waals surface area contributed by atoms with Crippen LogP contribution in [-0.4, -0.2) is 16.3 Å². The molecule has 1 aromatic carbocycles. The Bertz CT molecular complexity index is 533. The first kappa shape index (κ1) is 10.8. The van der Waals surface area contributed by atoms with Crippen molar-refractivity contribution in [2.75, 3.05) is 6.54 Å². The Morgan fingerprint density at radius 3 is 2.88 bits per heavy atom. The van der Waals surface area contributed by atoms with Gasteiger partial charge in [-0.3, -0.25) is 9.48 Å². The molecule has 2 rings (SSSR count). The maximum Gasteiger partial charge on any atom is 0.207 e. The van der Waals surface area contributed by atoms with Crippen molar-refractivity contribution in [2.24, 2.45) is 5.73 Å². The minimum atomic E-state index is -0.0225. The third-order valence-corrected chi connectivity index (χ3v) is 2.59. The lowest BCUT2D eigenvalue weighted by Gasteiger charge is -2.08. The van der Waals surface area contributed by atoms with Crippen LogP contribution in [0.15, 0.2) is 35.3 Å². The number of nitrogens with two attached hydrogens (primary N) is 1. The Morgan fingerprint density at radius 1 is 1.25 bits per heavy atom. The Labute approximate surface area is 93.7 Å². The molecule has 0 bridgehead atoms. The van der Waals surface area contributed by atoms with Crippen LogP contribution in [0.25, 0.3) is 10.9 Å². The number of fused-ring (bicyclic) bond motifs is 1. The SMILES string of the molecule is NCCCCn1ncc(=O)c2ccccc21. The summed E-state index contributed by atoms with van der Waals surface area (Å²) in [7, 11) is 0. The zero-order valence-electron chi connectivity index (χ0n) is 9.10. The summed E-state index contributed by atoms with van der Waals surface area (Å²) in [6.07, 6.45) is 3.34. The van der Waals surface area contributed by atoms with Crippen LogP contribution in [0.2, 0.25) is 0 Å². The summed E-state index contributed by atoms with van der Waals surface area (Å²) in [5, 5.41) is 4.87. The summed E-state index contributed by atoms with van der Waals surface area (Å²) in [5.41, 5.74) is 6.32. The van der Waals surface area contributed by atoms with Crippen molar-refractivity contribution in [3.05, 3.63) is 40.7 Å². The fourth-order valence-corrected chi connectivity index (χ4v) is 1.75. The molecule has 1 aromatic heterocycles. The van der Waals surface area contributed by atoms with Crippen LogP contribution in [0.3, 0.4) is 0 Å². The molecule has 0 atom stereocenters. The van der Waals surface area contributed by atoms with E-state index in [0.717, 1.165) is 30.3 Å². The van der Waals surface area contributed by atoms with Gasteiger partial charge >= 0.3 is 0 Å². The van der Waals surface area contributed by atoms with Crippen molar-refractivity contribution < 1.29 is 0 Å². The molecule has 0 saturated heterocycles. The number of aryl methyl sites for hydroxylation is 1. The van der Waals surface area contributed by atoms with E-state index in [-0.39, 0.29) is 5.43 Å². The first-order valence-corrected chi connectivity index (χ1v) is 5.48. The van der Waals surface area contributed by atoms with Crippen LogP contribution in [0.5, 0.6) is 0 Å². The molecule has 0 unspecified atom stereocenters. The molecule has 4 heteroatoms. The Kier molecular flexibility index (Phi) is 3.31. The Morgan fingerprint density at radius 2 is 2.06 bits per heavy atom. The number of hydrogen-bond donors (Lipinski definition) is 1. The number of nitrogens with zero attached hydrogens (tertiary/aromatic N) is 2. The fourth-order valence-electron chi connectivity index (χ4n) is 1.75. The number of para-hydroxylation sites is 1. The summed E-state index contributed by atoms with van der Waals surface area (Å²) in [5.74, 6) is 0. The van der Waals surface area contributed by atoms with Gasteiger partial charge in [-0.25, -0.2) is 0 Å². The van der Waals surface area contributed by atoms with Gasteiger partial charge in [0.1, 0.15) is 0 Å². The summed E-state index contributed by atoms with van der Waals surface area (Å²) >= 11 is 0. The minimum absolute atomic E-state index is 0.0225. The highest BCUT2D eigenvalue weighted by molar-refractivity contribution is 5.77. The maximum absolute atomic E-state index is 11.6. The van der Waals surface area contributed by atoms with Crippen LogP contribution in [-0.2, 0) is 6.54 Å². The fraction of sp³-hybridized carbons (Fsp3) is 0.333. The van der Waals surface area contributed by atoms with E-state index in [1.54, 1.807) is 0 Å². The smallest absolute Gasteiger partial charge is 0.207 e. The van der Waals surface area contributed by atoms with Gasteiger partial charge in [-0.05, 0) is 31.5 Å². The lowest BCUT2D eigenvalue weighted by molar-refractivity contribution is 0.568. The molecule has 0 spiro atoms. The number of rotatable bonds is 4. The van der Waals surface area contributed by atoms with Crippen LogP contribution in [0, 0.1) is 0 Å². The van der Waals surface area contributed by atoms with E-state index in [1.165, 1.54) is 6.20 Å². The quantitative estimate of drug-likeness (QED) is 0.781. The van der Waals surface area contributed by atoms with Crippen LogP contribution in [0.1, 0.15) is 12.8 Å². The lowest BCUT2D eigenvalue weighted by atomic mass is 10.2. The predicted octanol–water partition coefficient (Wildman–Crippen LogP) is 1.14. The third kappa shape index (κ3) is 2.12. The molecule has 16 heavy (non-hydrogen) atoms. The predicted molar refractivity (Wildman–Crippen MR) is 64.3 cm³/mol. The van der Waals surface area contributed by atoms with Crippen molar-refractivity contribution in [2.45, 2.75) is 19.4 Å². The Balaban J connectivity index is 2.38. The molecule has 4 nitrogen and oxygen atoms in total. The lowest BCUT2D eigenvalue weighted by Crippen LogP contribution is -2.13. The second-order valence-electron chi connectivity index (χ2n) is 3.74. The van der Waals surface area contributed by atoms with E-state index in [1.807, 2.05) is 28.9 Å². The Hall–Kier alpha value is -1.68. The first-order valence-electron chi connectivity index (χ1n) is 5.48. The van der Waals surface area contributed by atoms with Gasteiger partial charge in [-0.15, -0.1) is 0 Å². The highest BCUT2D eigenvalue weighted by atomic mass is 16.1. The van der Waals surface area contributed by atoms with Crippen LogP contribution >= 0.6 is 0 Å². The van der Waals surface area contributed by atoms with Gasteiger partial charge < -0.3 is 5.73 Å². The molecule has 0 fully saturated rings. The topological polar surface area (TPSA) is 60.9 Å². The van der Waals surface area contributed by atoms with Gasteiger partial charge in [-0.1, -0.05) is 12.1 Å². The van der Waals surface area contributed by atoms with Crippen molar-refractivity contribution in [3.8, 4) is 0 Å². The van der Waals surface area contributed by atoms with E-state index >= 15 is 0 Å². The molecule has 2 N–H and O–H groups in total. The van der Waals surface area contributed by atoms with E-state index in [2.05, 4.69) is 5.10 Å². The molecule has 1 heterocycles. The average Bonchev–Trinajstić information content (AvgIpc) is 2.33. The zero-order valence-corrected chi connectivity index (χ0v) is 9.10. The summed E-state index contributed by atoms with van der Waals surface area (Å²) < 4.78 is 1.87. The first-order chi connectivity index (χ1) is 7.83. The monoisotopic (exact) mass is 217 g/mol. The number of hydrogen-bond acceptors (Lipinski definition) is 3.